The van der Waals surface area contributed by atoms with Crippen LogP contribution in [-0.4, -0.2) is 25.1 Å². The highest BCUT2D eigenvalue weighted by Gasteiger charge is 2.19. The predicted molar refractivity (Wildman–Crippen MR) is 97.9 cm³/mol. The number of halogens is 2. The third-order valence-electron chi connectivity index (χ3n) is 3.94. The average molecular weight is 367 g/mol. The Bertz CT molecular complexity index is 722. The summed E-state index contributed by atoms with van der Waals surface area (Å²) >= 11 is 12.1. The molecule has 0 spiro atoms. The molecule has 0 heterocycles. The van der Waals surface area contributed by atoms with Crippen molar-refractivity contribution in [3.8, 4) is 5.75 Å². The van der Waals surface area contributed by atoms with E-state index < -0.39 is 0 Å². The molecule has 2 aromatic rings. The first-order chi connectivity index (χ1) is 11.4. The molecule has 1 N–H and O–H groups in total. The van der Waals surface area contributed by atoms with Gasteiger partial charge in [0.15, 0.2) is 0 Å². The molecule has 1 atom stereocenters. The van der Waals surface area contributed by atoms with Crippen LogP contribution in [-0.2, 0) is 6.54 Å². The van der Waals surface area contributed by atoms with Crippen LogP contribution in [0.1, 0.15) is 24.1 Å². The highest BCUT2D eigenvalue weighted by atomic mass is 35.5. The van der Waals surface area contributed by atoms with Gasteiger partial charge in [-0.25, -0.2) is 4.79 Å². The van der Waals surface area contributed by atoms with Crippen LogP contribution in [0.3, 0.4) is 0 Å². The molecule has 0 saturated heterocycles. The molecule has 0 radical (unpaired) electrons. The lowest BCUT2D eigenvalue weighted by molar-refractivity contribution is 0.194. The van der Waals surface area contributed by atoms with Crippen LogP contribution in [0, 0.1) is 0 Å². The van der Waals surface area contributed by atoms with Gasteiger partial charge in [0, 0.05) is 29.2 Å². The third-order valence-corrected chi connectivity index (χ3v) is 4.50. The van der Waals surface area contributed by atoms with Gasteiger partial charge in [-0.2, -0.15) is 0 Å². The molecule has 0 aliphatic rings. The van der Waals surface area contributed by atoms with E-state index in [-0.39, 0.29) is 12.1 Å². The zero-order chi connectivity index (χ0) is 17.7. The average Bonchev–Trinajstić information content (AvgIpc) is 2.58. The molecule has 2 amide bonds. The number of ether oxygens (including phenoxy) is 1. The van der Waals surface area contributed by atoms with Crippen LogP contribution in [0.4, 0.5) is 4.79 Å². The van der Waals surface area contributed by atoms with Gasteiger partial charge in [-0.05, 0) is 30.7 Å². The number of hydrogen-bond donors (Lipinski definition) is 1. The lowest BCUT2D eigenvalue weighted by atomic mass is 10.1. The number of benzene rings is 2. The summed E-state index contributed by atoms with van der Waals surface area (Å²) in [5.74, 6) is 0.745. The van der Waals surface area contributed by atoms with Gasteiger partial charge in [-0.3, -0.25) is 0 Å². The Balaban J connectivity index is 2.03. The van der Waals surface area contributed by atoms with Crippen LogP contribution in [0.25, 0.3) is 0 Å². The standard InChI is InChI=1S/C18H20Cl2N2O2/c1-12(15-9-8-14(19)10-16(15)20)22(2)18(23)21-11-13-6-4-5-7-17(13)24-3/h4-10,12H,11H2,1-3H3,(H,21,23). The van der Waals surface area contributed by atoms with Crippen molar-refractivity contribution in [1.29, 1.82) is 0 Å². The molecule has 4 nitrogen and oxygen atoms in total. The number of rotatable bonds is 5. The number of amides is 2. The minimum absolute atomic E-state index is 0.188. The number of para-hydroxylation sites is 1. The number of carbonyl (C=O) groups excluding carboxylic acids is 1. The SMILES string of the molecule is COc1ccccc1CNC(=O)N(C)C(C)c1ccc(Cl)cc1Cl. The Morgan fingerprint density at radius 1 is 1.25 bits per heavy atom. The monoisotopic (exact) mass is 366 g/mol. The maximum atomic E-state index is 12.4. The maximum Gasteiger partial charge on any atom is 0.317 e. The summed E-state index contributed by atoms with van der Waals surface area (Å²) in [5.41, 5.74) is 1.76. The van der Waals surface area contributed by atoms with Gasteiger partial charge in [0.1, 0.15) is 5.75 Å². The van der Waals surface area contributed by atoms with Crippen LogP contribution in [0.2, 0.25) is 10.0 Å². The largest absolute Gasteiger partial charge is 0.496 e. The first-order valence-electron chi connectivity index (χ1n) is 7.51. The summed E-state index contributed by atoms with van der Waals surface area (Å²) in [5, 5.41) is 4.00. The molecule has 0 aromatic heterocycles. The third kappa shape index (κ3) is 4.34. The Labute approximate surface area is 152 Å². The molecule has 0 bridgehead atoms. The summed E-state index contributed by atoms with van der Waals surface area (Å²) in [6, 6.07) is 12.5. The van der Waals surface area contributed by atoms with Gasteiger partial charge in [0.25, 0.3) is 0 Å². The number of nitrogens with one attached hydrogen (secondary N) is 1. The Morgan fingerprint density at radius 2 is 1.96 bits per heavy atom. The fourth-order valence-electron chi connectivity index (χ4n) is 2.37. The van der Waals surface area contributed by atoms with Crippen LogP contribution < -0.4 is 10.1 Å². The van der Waals surface area contributed by atoms with E-state index in [2.05, 4.69) is 5.32 Å². The summed E-state index contributed by atoms with van der Waals surface area (Å²) in [6.07, 6.45) is 0. The van der Waals surface area contributed by atoms with Crippen molar-refractivity contribution < 1.29 is 9.53 Å². The summed E-state index contributed by atoms with van der Waals surface area (Å²) < 4.78 is 5.29. The molecule has 6 heteroatoms. The first-order valence-corrected chi connectivity index (χ1v) is 8.27. The minimum atomic E-state index is -0.195. The van der Waals surface area contributed by atoms with Crippen LogP contribution >= 0.6 is 23.2 Å². The molecule has 1 unspecified atom stereocenters. The van der Waals surface area contributed by atoms with Crippen LogP contribution in [0.15, 0.2) is 42.5 Å². The van der Waals surface area contributed by atoms with Crippen molar-refractivity contribution in [1.82, 2.24) is 10.2 Å². The van der Waals surface area contributed by atoms with Crippen molar-refractivity contribution in [2.24, 2.45) is 0 Å². The molecule has 0 aliphatic heterocycles. The predicted octanol–water partition coefficient (Wildman–Crippen LogP) is 4.90. The van der Waals surface area contributed by atoms with Crippen molar-refractivity contribution >= 4 is 29.2 Å². The molecule has 0 fully saturated rings. The van der Waals surface area contributed by atoms with E-state index in [1.807, 2.05) is 37.3 Å². The Morgan fingerprint density at radius 3 is 2.62 bits per heavy atom. The van der Waals surface area contributed by atoms with Gasteiger partial charge < -0.3 is 15.0 Å². The second-order valence-corrected chi connectivity index (χ2v) is 6.27. The fourth-order valence-corrected chi connectivity index (χ4v) is 2.94. The van der Waals surface area contributed by atoms with E-state index in [1.54, 1.807) is 31.2 Å². The maximum absolute atomic E-state index is 12.4. The number of nitrogens with zero attached hydrogens (tertiary/aromatic N) is 1. The lowest BCUT2D eigenvalue weighted by Crippen LogP contribution is -2.38. The quantitative estimate of drug-likeness (QED) is 0.816. The summed E-state index contributed by atoms with van der Waals surface area (Å²) in [4.78, 5) is 14.0. The van der Waals surface area contributed by atoms with Crippen molar-refractivity contribution in [2.45, 2.75) is 19.5 Å². The molecule has 24 heavy (non-hydrogen) atoms. The summed E-state index contributed by atoms with van der Waals surface area (Å²) in [7, 11) is 3.34. The molecule has 2 aromatic carbocycles. The summed E-state index contributed by atoms with van der Waals surface area (Å²) in [6.45, 7) is 2.30. The second kappa shape index (κ2) is 8.27. The fraction of sp³-hybridized carbons (Fsp3) is 0.278. The van der Waals surface area contributed by atoms with Crippen LogP contribution in [0.5, 0.6) is 5.75 Å². The highest BCUT2D eigenvalue weighted by molar-refractivity contribution is 6.35. The Kier molecular flexibility index (Phi) is 6.35. The Hall–Kier alpha value is -1.91. The second-order valence-electron chi connectivity index (χ2n) is 5.42. The number of urea groups is 1. The minimum Gasteiger partial charge on any atom is -0.496 e. The van der Waals surface area contributed by atoms with Gasteiger partial charge in [-0.1, -0.05) is 47.5 Å². The highest BCUT2D eigenvalue weighted by Crippen LogP contribution is 2.29. The normalized spacial score (nSPS) is 11.7. The lowest BCUT2D eigenvalue weighted by Gasteiger charge is -2.26. The van der Waals surface area contributed by atoms with Gasteiger partial charge in [0.05, 0.1) is 13.2 Å². The van der Waals surface area contributed by atoms with Crippen molar-refractivity contribution in [3.63, 3.8) is 0 Å². The smallest absolute Gasteiger partial charge is 0.317 e. The number of hydrogen-bond acceptors (Lipinski definition) is 2. The van der Waals surface area contributed by atoms with Gasteiger partial charge >= 0.3 is 6.03 Å². The molecule has 2 rings (SSSR count). The molecule has 128 valence electrons. The van der Waals surface area contributed by atoms with E-state index in [1.165, 1.54) is 0 Å². The van der Waals surface area contributed by atoms with E-state index >= 15 is 0 Å². The molecular weight excluding hydrogens is 347 g/mol. The molecule has 0 saturated carbocycles. The molecular formula is C18H20Cl2N2O2. The van der Waals surface area contributed by atoms with Crippen molar-refractivity contribution in [2.75, 3.05) is 14.2 Å². The zero-order valence-corrected chi connectivity index (χ0v) is 15.4. The number of carbonyl (C=O) groups is 1. The van der Waals surface area contributed by atoms with Gasteiger partial charge in [0.2, 0.25) is 0 Å². The van der Waals surface area contributed by atoms with E-state index in [9.17, 15) is 4.79 Å². The first kappa shape index (κ1) is 18.4. The van der Waals surface area contributed by atoms with Crippen molar-refractivity contribution in [3.05, 3.63) is 63.6 Å². The van der Waals surface area contributed by atoms with E-state index in [0.717, 1.165) is 16.9 Å². The van der Waals surface area contributed by atoms with E-state index in [0.29, 0.717) is 16.6 Å². The number of methoxy groups -OCH3 is 1. The topological polar surface area (TPSA) is 41.6 Å². The molecule has 0 aliphatic carbocycles. The van der Waals surface area contributed by atoms with E-state index in [4.69, 9.17) is 27.9 Å². The zero-order valence-electron chi connectivity index (χ0n) is 13.8. The van der Waals surface area contributed by atoms with Gasteiger partial charge in [-0.15, -0.1) is 0 Å².